The summed E-state index contributed by atoms with van der Waals surface area (Å²) >= 11 is 1.65. The summed E-state index contributed by atoms with van der Waals surface area (Å²) < 4.78 is 25.0. The van der Waals surface area contributed by atoms with Gasteiger partial charge in [0, 0.05) is 11.1 Å². The van der Waals surface area contributed by atoms with Gasteiger partial charge in [0.25, 0.3) is 0 Å². The zero-order chi connectivity index (χ0) is 19.3. The maximum Gasteiger partial charge on any atom is 0.161 e. The lowest BCUT2D eigenvalue weighted by Gasteiger charge is -2.15. The van der Waals surface area contributed by atoms with Crippen LogP contribution in [0.1, 0.15) is 22.1 Å². The first-order valence-electron chi connectivity index (χ1n) is 8.84. The number of hydrogen-bond acceptors (Lipinski definition) is 5. The molecule has 0 fully saturated rings. The van der Waals surface area contributed by atoms with Crippen LogP contribution in [-0.2, 0) is 6.61 Å². The van der Waals surface area contributed by atoms with Gasteiger partial charge >= 0.3 is 0 Å². The molecule has 0 saturated heterocycles. The highest BCUT2D eigenvalue weighted by atomic mass is 32.2. The smallest absolute Gasteiger partial charge is 0.161 e. The fraction of sp³-hybridized carbons (Fsp3) is 0.136. The molecule has 1 N–H and O–H groups in total. The van der Waals surface area contributed by atoms with E-state index in [0.29, 0.717) is 17.1 Å². The number of hydrogen-bond donors (Lipinski definition) is 1. The Labute approximate surface area is 167 Å². The highest BCUT2D eigenvalue weighted by molar-refractivity contribution is 8.14. The summed E-state index contributed by atoms with van der Waals surface area (Å²) in [4.78, 5) is 0. The highest BCUT2D eigenvalue weighted by Crippen LogP contribution is 2.38. The van der Waals surface area contributed by atoms with Crippen LogP contribution in [0, 0.1) is 5.82 Å². The number of thioether (sulfide) groups is 1. The fourth-order valence-electron chi connectivity index (χ4n) is 2.87. The monoisotopic (exact) mass is 394 g/mol. The van der Waals surface area contributed by atoms with Gasteiger partial charge in [-0.3, -0.25) is 5.43 Å². The van der Waals surface area contributed by atoms with E-state index >= 15 is 0 Å². The molecule has 28 heavy (non-hydrogen) atoms. The molecule has 0 amide bonds. The lowest BCUT2D eigenvalue weighted by atomic mass is 10.2. The van der Waals surface area contributed by atoms with Crippen LogP contribution in [0.15, 0.2) is 77.9 Å². The first-order valence-corrected chi connectivity index (χ1v) is 9.72. The Morgan fingerprint density at radius 2 is 1.79 bits per heavy atom. The van der Waals surface area contributed by atoms with Gasteiger partial charge < -0.3 is 9.47 Å². The van der Waals surface area contributed by atoms with Crippen LogP contribution in [0.4, 0.5) is 4.39 Å². The average molecular weight is 394 g/mol. The minimum atomic E-state index is -0.282. The molecule has 0 aromatic heterocycles. The number of halogens is 1. The van der Waals surface area contributed by atoms with Crippen molar-refractivity contribution in [2.75, 3.05) is 7.11 Å². The number of nitrogens with one attached hydrogen (secondary N) is 1. The summed E-state index contributed by atoms with van der Waals surface area (Å²) in [5.41, 5.74) is 5.77. The second-order valence-electron chi connectivity index (χ2n) is 6.20. The molecule has 0 unspecified atom stereocenters. The van der Waals surface area contributed by atoms with Gasteiger partial charge in [0.05, 0.1) is 7.11 Å². The summed E-state index contributed by atoms with van der Waals surface area (Å²) in [6, 6.07) is 22.4. The summed E-state index contributed by atoms with van der Waals surface area (Å²) in [5.74, 6) is 0.890. The van der Waals surface area contributed by atoms with Crippen molar-refractivity contribution < 1.29 is 13.9 Å². The van der Waals surface area contributed by atoms with Crippen molar-refractivity contribution in [3.8, 4) is 11.5 Å². The minimum absolute atomic E-state index is 0.00951. The SMILES string of the molecule is COc1cc([C@@H]2NN=C(c3ccccc3)S2)ccc1OCc1ccccc1F. The summed E-state index contributed by atoms with van der Waals surface area (Å²) in [5, 5.41) is 5.38. The van der Waals surface area contributed by atoms with E-state index in [1.807, 2.05) is 48.5 Å². The molecule has 142 valence electrons. The Balaban J connectivity index is 1.46. The van der Waals surface area contributed by atoms with Crippen LogP contribution in [0.5, 0.6) is 11.5 Å². The Morgan fingerprint density at radius 3 is 2.57 bits per heavy atom. The van der Waals surface area contributed by atoms with Crippen molar-refractivity contribution in [2.24, 2.45) is 5.10 Å². The maximum absolute atomic E-state index is 13.8. The number of hydrazone groups is 1. The van der Waals surface area contributed by atoms with Gasteiger partial charge in [0.2, 0.25) is 0 Å². The van der Waals surface area contributed by atoms with Crippen molar-refractivity contribution in [1.29, 1.82) is 0 Å². The number of nitrogens with zero attached hydrogens (tertiary/aromatic N) is 1. The van der Waals surface area contributed by atoms with Gasteiger partial charge in [-0.15, -0.1) is 0 Å². The van der Waals surface area contributed by atoms with Gasteiger partial charge in [-0.05, 0) is 23.8 Å². The van der Waals surface area contributed by atoms with E-state index < -0.39 is 0 Å². The summed E-state index contributed by atoms with van der Waals surface area (Å²) in [6.07, 6.45) is 0. The standard InChI is InChI=1S/C22H19FN2O2S/c1-26-20-13-16(22-25-24-21(28-22)15-7-3-2-4-8-15)11-12-19(20)27-14-17-9-5-6-10-18(17)23/h2-13,22,25H,14H2,1H3/t22-/m1/s1. The lowest BCUT2D eigenvalue weighted by molar-refractivity contribution is 0.279. The molecule has 1 aliphatic heterocycles. The van der Waals surface area contributed by atoms with Crippen molar-refractivity contribution in [1.82, 2.24) is 5.43 Å². The molecule has 4 nitrogen and oxygen atoms in total. The fourth-order valence-corrected chi connectivity index (χ4v) is 3.86. The number of rotatable bonds is 6. The number of ether oxygens (including phenoxy) is 2. The van der Waals surface area contributed by atoms with Gasteiger partial charge in [-0.1, -0.05) is 66.4 Å². The molecule has 0 aliphatic carbocycles. The molecule has 3 aromatic carbocycles. The van der Waals surface area contributed by atoms with Crippen LogP contribution in [0.25, 0.3) is 0 Å². The first-order chi connectivity index (χ1) is 13.7. The van der Waals surface area contributed by atoms with E-state index in [9.17, 15) is 4.39 Å². The van der Waals surface area contributed by atoms with Crippen LogP contribution in [0.3, 0.4) is 0 Å². The topological polar surface area (TPSA) is 42.8 Å². The Morgan fingerprint density at radius 1 is 1.00 bits per heavy atom. The number of methoxy groups -OCH3 is 1. The zero-order valence-electron chi connectivity index (χ0n) is 15.3. The number of benzene rings is 3. The van der Waals surface area contributed by atoms with Gasteiger partial charge in [0.15, 0.2) is 11.5 Å². The van der Waals surface area contributed by atoms with Crippen LogP contribution >= 0.6 is 11.8 Å². The van der Waals surface area contributed by atoms with Crippen LogP contribution in [0.2, 0.25) is 0 Å². The van der Waals surface area contributed by atoms with Crippen LogP contribution < -0.4 is 14.9 Å². The molecule has 1 aliphatic rings. The molecular weight excluding hydrogens is 375 g/mol. The molecular formula is C22H19FN2O2S. The quantitative estimate of drug-likeness (QED) is 0.631. The molecule has 0 radical (unpaired) electrons. The highest BCUT2D eigenvalue weighted by Gasteiger charge is 2.23. The van der Waals surface area contributed by atoms with E-state index in [2.05, 4.69) is 10.5 Å². The minimum Gasteiger partial charge on any atom is -0.493 e. The van der Waals surface area contributed by atoms with E-state index in [0.717, 1.165) is 16.2 Å². The third-order valence-corrected chi connectivity index (χ3v) is 5.53. The van der Waals surface area contributed by atoms with Crippen molar-refractivity contribution in [3.05, 3.63) is 95.3 Å². The molecule has 4 rings (SSSR count). The predicted octanol–water partition coefficient (Wildman–Crippen LogP) is 5.11. The van der Waals surface area contributed by atoms with E-state index in [-0.39, 0.29) is 17.8 Å². The Hall–Kier alpha value is -2.99. The third-order valence-electron chi connectivity index (χ3n) is 4.37. The average Bonchev–Trinajstić information content (AvgIpc) is 3.24. The van der Waals surface area contributed by atoms with E-state index in [1.165, 1.54) is 6.07 Å². The lowest BCUT2D eigenvalue weighted by Crippen LogP contribution is -2.07. The zero-order valence-corrected chi connectivity index (χ0v) is 16.1. The van der Waals surface area contributed by atoms with Crippen molar-refractivity contribution in [3.63, 3.8) is 0 Å². The van der Waals surface area contributed by atoms with E-state index in [4.69, 9.17) is 9.47 Å². The first kappa shape index (κ1) is 18.4. The van der Waals surface area contributed by atoms with Crippen LogP contribution in [-0.4, -0.2) is 12.2 Å². The maximum atomic E-state index is 13.8. The van der Waals surface area contributed by atoms with Gasteiger partial charge in [0.1, 0.15) is 22.8 Å². The molecule has 0 spiro atoms. The molecule has 1 heterocycles. The second-order valence-corrected chi connectivity index (χ2v) is 7.29. The summed E-state index contributed by atoms with van der Waals surface area (Å²) in [7, 11) is 1.59. The van der Waals surface area contributed by atoms with Crippen molar-refractivity contribution >= 4 is 16.8 Å². The second kappa shape index (κ2) is 8.35. The molecule has 0 bridgehead atoms. The third kappa shape index (κ3) is 3.97. The largest absolute Gasteiger partial charge is 0.493 e. The Kier molecular flexibility index (Phi) is 5.48. The molecule has 1 atom stereocenters. The molecule has 0 saturated carbocycles. The van der Waals surface area contributed by atoms with Crippen molar-refractivity contribution in [2.45, 2.75) is 12.0 Å². The van der Waals surface area contributed by atoms with E-state index in [1.54, 1.807) is 37.1 Å². The predicted molar refractivity (Wildman–Crippen MR) is 110 cm³/mol. The summed E-state index contributed by atoms with van der Waals surface area (Å²) in [6.45, 7) is 0.139. The molecule has 3 aromatic rings. The molecule has 6 heteroatoms. The van der Waals surface area contributed by atoms with Gasteiger partial charge in [-0.2, -0.15) is 5.10 Å². The normalized spacial score (nSPS) is 15.6. The Bertz CT molecular complexity index is 995. The van der Waals surface area contributed by atoms with Gasteiger partial charge in [-0.25, -0.2) is 4.39 Å².